The van der Waals surface area contributed by atoms with Crippen molar-refractivity contribution in [2.45, 2.75) is 5.16 Å². The molecule has 2 aromatic rings. The topological polar surface area (TPSA) is 45.8 Å². The third kappa shape index (κ3) is 1.39. The van der Waals surface area contributed by atoms with Crippen molar-refractivity contribution in [3.63, 3.8) is 0 Å². The molecule has 1 N–H and O–H groups in total. The van der Waals surface area contributed by atoms with E-state index in [1.807, 2.05) is 0 Å². The van der Waals surface area contributed by atoms with E-state index in [1.54, 1.807) is 12.3 Å². The number of rotatable bonds is 1. The van der Waals surface area contributed by atoms with E-state index in [-0.39, 0.29) is 5.39 Å². The van der Waals surface area contributed by atoms with Gasteiger partial charge in [0.15, 0.2) is 5.16 Å². The van der Waals surface area contributed by atoms with E-state index in [9.17, 15) is 9.18 Å². The second kappa shape index (κ2) is 3.42. The second-order valence-electron chi connectivity index (χ2n) is 2.71. The maximum atomic E-state index is 13.2. The number of hydrogen-bond donors (Lipinski definition) is 1. The third-order valence-corrected chi connectivity index (χ3v) is 2.43. The van der Waals surface area contributed by atoms with Crippen LogP contribution < -0.4 is 5.56 Å². The van der Waals surface area contributed by atoms with Crippen LogP contribution in [0.2, 0.25) is 0 Å². The number of H-pyrrole nitrogens is 1. The van der Waals surface area contributed by atoms with Gasteiger partial charge in [0.05, 0.1) is 5.52 Å². The van der Waals surface area contributed by atoms with Crippen LogP contribution in [0.15, 0.2) is 28.2 Å². The minimum Gasteiger partial charge on any atom is -0.301 e. The molecule has 1 aromatic carbocycles. The summed E-state index contributed by atoms with van der Waals surface area (Å²) >= 11 is 1.31. The maximum absolute atomic E-state index is 13.2. The van der Waals surface area contributed by atoms with Crippen molar-refractivity contribution in [2.75, 3.05) is 6.26 Å². The van der Waals surface area contributed by atoms with Gasteiger partial charge < -0.3 is 4.98 Å². The number of fused-ring (bicyclic) bond motifs is 1. The van der Waals surface area contributed by atoms with Crippen LogP contribution >= 0.6 is 11.8 Å². The largest absolute Gasteiger partial charge is 0.301 e. The van der Waals surface area contributed by atoms with Crippen LogP contribution in [0.1, 0.15) is 0 Å². The minimum atomic E-state index is -0.538. The van der Waals surface area contributed by atoms with Gasteiger partial charge >= 0.3 is 0 Å². The van der Waals surface area contributed by atoms with Gasteiger partial charge in [0.1, 0.15) is 11.2 Å². The first-order valence-corrected chi connectivity index (χ1v) is 5.17. The van der Waals surface area contributed by atoms with Gasteiger partial charge in [-0.25, -0.2) is 9.37 Å². The molecule has 14 heavy (non-hydrogen) atoms. The SMILES string of the molecule is CSc1nc2cccc(F)c2c(=O)[nH]1. The van der Waals surface area contributed by atoms with Gasteiger partial charge in [0, 0.05) is 0 Å². The zero-order valence-electron chi connectivity index (χ0n) is 7.37. The molecule has 2 rings (SSSR count). The standard InChI is InChI=1S/C9H7FN2OS/c1-14-9-11-6-4-2-3-5(10)7(6)8(13)12-9/h2-4H,1H3,(H,11,12,13). The van der Waals surface area contributed by atoms with Crippen LogP contribution in [-0.2, 0) is 0 Å². The lowest BCUT2D eigenvalue weighted by Crippen LogP contribution is -2.10. The first kappa shape index (κ1) is 9.21. The van der Waals surface area contributed by atoms with Crippen molar-refractivity contribution in [1.82, 2.24) is 9.97 Å². The summed E-state index contributed by atoms with van der Waals surface area (Å²) in [6, 6.07) is 4.40. The zero-order chi connectivity index (χ0) is 10.1. The van der Waals surface area contributed by atoms with Crippen LogP contribution in [-0.4, -0.2) is 16.2 Å². The van der Waals surface area contributed by atoms with Gasteiger partial charge in [-0.15, -0.1) is 0 Å². The number of aromatic amines is 1. The highest BCUT2D eigenvalue weighted by Gasteiger charge is 2.06. The summed E-state index contributed by atoms with van der Waals surface area (Å²) in [7, 11) is 0. The average molecular weight is 210 g/mol. The van der Waals surface area contributed by atoms with Gasteiger partial charge in [-0.2, -0.15) is 0 Å². The molecule has 0 atom stereocenters. The van der Waals surface area contributed by atoms with Crippen LogP contribution in [0, 0.1) is 5.82 Å². The molecule has 0 fully saturated rings. The number of hydrogen-bond acceptors (Lipinski definition) is 3. The highest BCUT2D eigenvalue weighted by molar-refractivity contribution is 7.98. The quantitative estimate of drug-likeness (QED) is 0.576. The van der Waals surface area contributed by atoms with E-state index in [4.69, 9.17) is 0 Å². The van der Waals surface area contributed by atoms with Crippen LogP contribution in [0.4, 0.5) is 4.39 Å². The van der Waals surface area contributed by atoms with Crippen molar-refractivity contribution in [3.05, 3.63) is 34.4 Å². The first-order chi connectivity index (χ1) is 6.72. The number of halogens is 1. The lowest BCUT2D eigenvalue weighted by molar-refractivity contribution is 0.637. The molecule has 1 heterocycles. The van der Waals surface area contributed by atoms with Gasteiger partial charge in [0.2, 0.25) is 0 Å². The molecule has 0 aliphatic rings. The molecule has 0 spiro atoms. The average Bonchev–Trinajstić information content (AvgIpc) is 2.17. The number of nitrogens with one attached hydrogen (secondary N) is 1. The normalized spacial score (nSPS) is 10.7. The van der Waals surface area contributed by atoms with E-state index < -0.39 is 11.4 Å². The molecule has 0 unspecified atom stereocenters. The molecule has 1 aromatic heterocycles. The van der Waals surface area contributed by atoms with Crippen molar-refractivity contribution in [3.8, 4) is 0 Å². The molecular weight excluding hydrogens is 203 g/mol. The molecule has 3 nitrogen and oxygen atoms in total. The zero-order valence-corrected chi connectivity index (χ0v) is 8.19. The summed E-state index contributed by atoms with van der Waals surface area (Å²) in [5.41, 5.74) is -0.0458. The fourth-order valence-corrected chi connectivity index (χ4v) is 1.61. The van der Waals surface area contributed by atoms with Crippen LogP contribution in [0.3, 0.4) is 0 Å². The number of nitrogens with zero attached hydrogens (tertiary/aromatic N) is 1. The van der Waals surface area contributed by atoms with E-state index in [1.165, 1.54) is 23.9 Å². The molecule has 72 valence electrons. The smallest absolute Gasteiger partial charge is 0.262 e. The summed E-state index contributed by atoms with van der Waals surface area (Å²) in [4.78, 5) is 18.0. The summed E-state index contributed by atoms with van der Waals surface area (Å²) in [5.74, 6) is -0.538. The molecular formula is C9H7FN2OS. The third-order valence-electron chi connectivity index (χ3n) is 1.85. The second-order valence-corrected chi connectivity index (χ2v) is 3.50. The summed E-state index contributed by atoms with van der Waals surface area (Å²) < 4.78 is 13.2. The Bertz CT molecular complexity index is 538. The molecule has 0 radical (unpaired) electrons. The Morgan fingerprint density at radius 2 is 2.29 bits per heavy atom. The molecule has 0 bridgehead atoms. The fourth-order valence-electron chi connectivity index (χ4n) is 1.22. The van der Waals surface area contributed by atoms with Gasteiger partial charge in [0.25, 0.3) is 5.56 Å². The van der Waals surface area contributed by atoms with Crippen LogP contribution in [0.25, 0.3) is 10.9 Å². The highest BCUT2D eigenvalue weighted by atomic mass is 32.2. The van der Waals surface area contributed by atoms with E-state index >= 15 is 0 Å². The fraction of sp³-hybridized carbons (Fsp3) is 0.111. The molecule has 0 amide bonds. The minimum absolute atomic E-state index is 0.0188. The molecule has 0 saturated carbocycles. The Balaban J connectivity index is 2.90. The Morgan fingerprint density at radius 3 is 3.00 bits per heavy atom. The molecule has 0 aliphatic heterocycles. The van der Waals surface area contributed by atoms with Crippen molar-refractivity contribution >= 4 is 22.7 Å². The predicted octanol–water partition coefficient (Wildman–Crippen LogP) is 1.78. The van der Waals surface area contributed by atoms with Crippen molar-refractivity contribution in [2.24, 2.45) is 0 Å². The molecule has 0 saturated heterocycles. The molecule has 0 aliphatic carbocycles. The molecule has 5 heteroatoms. The predicted molar refractivity (Wildman–Crippen MR) is 54.1 cm³/mol. The van der Waals surface area contributed by atoms with Crippen molar-refractivity contribution in [1.29, 1.82) is 0 Å². The summed E-state index contributed by atoms with van der Waals surface area (Å²) in [5, 5.41) is 0.512. The first-order valence-electron chi connectivity index (χ1n) is 3.95. The lowest BCUT2D eigenvalue weighted by Gasteiger charge is -1.99. The lowest BCUT2D eigenvalue weighted by atomic mass is 10.2. The Kier molecular flexibility index (Phi) is 2.25. The van der Waals surface area contributed by atoms with Gasteiger partial charge in [-0.05, 0) is 18.4 Å². The van der Waals surface area contributed by atoms with E-state index in [0.717, 1.165) is 0 Å². The number of benzene rings is 1. The van der Waals surface area contributed by atoms with E-state index in [2.05, 4.69) is 9.97 Å². The van der Waals surface area contributed by atoms with E-state index in [0.29, 0.717) is 10.7 Å². The van der Waals surface area contributed by atoms with Gasteiger partial charge in [-0.1, -0.05) is 17.8 Å². The van der Waals surface area contributed by atoms with Crippen molar-refractivity contribution < 1.29 is 4.39 Å². The Hall–Kier alpha value is -1.36. The monoisotopic (exact) mass is 210 g/mol. The van der Waals surface area contributed by atoms with Crippen LogP contribution in [0.5, 0.6) is 0 Å². The van der Waals surface area contributed by atoms with Gasteiger partial charge in [-0.3, -0.25) is 4.79 Å². The Labute approximate surface area is 83.4 Å². The number of aromatic nitrogens is 2. The maximum Gasteiger partial charge on any atom is 0.262 e. The number of thioether (sulfide) groups is 1. The summed E-state index contributed by atoms with van der Waals surface area (Å²) in [6.45, 7) is 0. The summed E-state index contributed by atoms with van der Waals surface area (Å²) in [6.07, 6.45) is 1.80. The highest BCUT2D eigenvalue weighted by Crippen LogP contribution is 2.14. The Morgan fingerprint density at radius 1 is 1.50 bits per heavy atom.